The molecule has 0 spiro atoms. The van der Waals surface area contributed by atoms with Gasteiger partial charge in [-0.15, -0.1) is 0 Å². The molecule has 11 heteroatoms. The van der Waals surface area contributed by atoms with Gasteiger partial charge in [0, 0.05) is 49.2 Å². The van der Waals surface area contributed by atoms with Crippen molar-refractivity contribution in [1.29, 1.82) is 5.26 Å². The Balaban J connectivity index is 1.43. The van der Waals surface area contributed by atoms with Crippen LogP contribution in [0, 0.1) is 17.1 Å². The number of hydrogen-bond acceptors (Lipinski definition) is 8. The summed E-state index contributed by atoms with van der Waals surface area (Å²) in [7, 11) is 0. The minimum atomic E-state index is -0.516. The largest absolute Gasteiger partial charge is 0.491 e. The van der Waals surface area contributed by atoms with Gasteiger partial charge in [-0.2, -0.15) is 5.26 Å². The summed E-state index contributed by atoms with van der Waals surface area (Å²) in [5, 5.41) is 17.1. The fourth-order valence-corrected chi connectivity index (χ4v) is 4.46. The number of aromatic amines is 1. The van der Waals surface area contributed by atoms with E-state index in [-0.39, 0.29) is 5.02 Å². The van der Waals surface area contributed by atoms with Gasteiger partial charge in [-0.3, -0.25) is 9.88 Å². The highest BCUT2D eigenvalue weighted by molar-refractivity contribution is 6.31. The van der Waals surface area contributed by atoms with E-state index >= 15 is 0 Å². The third kappa shape index (κ3) is 6.14. The molecule has 38 heavy (non-hydrogen) atoms. The molecule has 1 saturated heterocycles. The third-order valence-electron chi connectivity index (χ3n) is 6.28. The lowest BCUT2D eigenvalue weighted by molar-refractivity contribution is 0.0358. The Bertz CT molecular complexity index is 1440. The maximum atomic E-state index is 13.7. The number of nitrogens with one attached hydrogen (secondary N) is 3. The molecule has 3 heterocycles. The summed E-state index contributed by atoms with van der Waals surface area (Å²) in [6.07, 6.45) is 5.75. The summed E-state index contributed by atoms with van der Waals surface area (Å²) in [5.41, 5.74) is 3.74. The average Bonchev–Trinajstić information content (AvgIpc) is 3.46. The second-order valence-electron chi connectivity index (χ2n) is 8.86. The van der Waals surface area contributed by atoms with E-state index in [1.54, 1.807) is 18.6 Å². The van der Waals surface area contributed by atoms with Crippen LogP contribution in [0.25, 0.3) is 10.9 Å². The van der Waals surface area contributed by atoms with Crippen molar-refractivity contribution in [3.8, 4) is 11.8 Å². The van der Waals surface area contributed by atoms with Crippen LogP contribution in [0.3, 0.4) is 0 Å². The summed E-state index contributed by atoms with van der Waals surface area (Å²) < 4.78 is 25.3. The van der Waals surface area contributed by atoms with Crippen molar-refractivity contribution in [2.24, 2.45) is 0 Å². The number of fused-ring (bicyclic) bond motifs is 1. The number of ether oxygens (including phenoxy) is 2. The first-order valence-electron chi connectivity index (χ1n) is 12.3. The number of halogens is 2. The van der Waals surface area contributed by atoms with Crippen molar-refractivity contribution in [3.63, 3.8) is 0 Å². The van der Waals surface area contributed by atoms with Crippen molar-refractivity contribution in [2.75, 3.05) is 50.1 Å². The quantitative estimate of drug-likeness (QED) is 0.241. The Kier molecular flexibility index (Phi) is 8.19. The Hall–Kier alpha value is -3.91. The van der Waals surface area contributed by atoms with Gasteiger partial charge < -0.3 is 25.1 Å². The van der Waals surface area contributed by atoms with E-state index < -0.39 is 5.82 Å². The van der Waals surface area contributed by atoms with Crippen LogP contribution < -0.4 is 15.4 Å². The van der Waals surface area contributed by atoms with Gasteiger partial charge >= 0.3 is 0 Å². The molecule has 0 amide bonds. The van der Waals surface area contributed by atoms with Crippen molar-refractivity contribution < 1.29 is 13.9 Å². The molecule has 0 radical (unpaired) electrons. The first-order valence-corrected chi connectivity index (χ1v) is 12.7. The van der Waals surface area contributed by atoms with Gasteiger partial charge in [0.2, 0.25) is 0 Å². The maximum absolute atomic E-state index is 13.7. The first-order chi connectivity index (χ1) is 18.6. The fourth-order valence-electron chi connectivity index (χ4n) is 4.28. The van der Waals surface area contributed by atoms with Gasteiger partial charge in [0.25, 0.3) is 0 Å². The number of H-pyrrole nitrogens is 1. The second-order valence-corrected chi connectivity index (χ2v) is 9.27. The van der Waals surface area contributed by atoms with Gasteiger partial charge in [0.1, 0.15) is 17.6 Å². The number of pyridine rings is 1. The number of aromatic nitrogens is 3. The zero-order chi connectivity index (χ0) is 26.3. The lowest BCUT2D eigenvalue weighted by atomic mass is 10.1. The Morgan fingerprint density at radius 1 is 1.21 bits per heavy atom. The Morgan fingerprint density at radius 2 is 2.08 bits per heavy atom. The molecule has 196 valence electrons. The summed E-state index contributed by atoms with van der Waals surface area (Å²) in [5.74, 6) is 0.144. The number of benzene rings is 2. The number of imidazole rings is 1. The lowest BCUT2D eigenvalue weighted by Gasteiger charge is -2.26. The predicted octanol–water partition coefficient (Wildman–Crippen LogP) is 5.08. The van der Waals surface area contributed by atoms with Crippen molar-refractivity contribution >= 4 is 39.6 Å². The highest BCUT2D eigenvalue weighted by atomic mass is 35.5. The predicted molar refractivity (Wildman–Crippen MR) is 144 cm³/mol. The summed E-state index contributed by atoms with van der Waals surface area (Å²) in [4.78, 5) is 14.0. The van der Waals surface area contributed by atoms with Gasteiger partial charge in [0.15, 0.2) is 0 Å². The molecule has 9 nitrogen and oxygen atoms in total. The van der Waals surface area contributed by atoms with Gasteiger partial charge in [-0.1, -0.05) is 11.6 Å². The van der Waals surface area contributed by atoms with Crippen LogP contribution in [0.15, 0.2) is 49.1 Å². The zero-order valence-corrected chi connectivity index (χ0v) is 21.4. The minimum Gasteiger partial charge on any atom is -0.491 e. The third-order valence-corrected chi connectivity index (χ3v) is 6.57. The molecule has 0 aliphatic carbocycles. The van der Waals surface area contributed by atoms with Crippen LogP contribution in [0.2, 0.25) is 5.02 Å². The molecular weight excluding hydrogens is 509 g/mol. The van der Waals surface area contributed by atoms with E-state index in [0.717, 1.165) is 50.7 Å². The Labute approximate surface area is 224 Å². The number of anilines is 3. The molecule has 2 aromatic heterocycles. The van der Waals surface area contributed by atoms with Gasteiger partial charge in [-0.25, -0.2) is 9.37 Å². The van der Waals surface area contributed by atoms with E-state index in [0.29, 0.717) is 46.7 Å². The van der Waals surface area contributed by atoms with Crippen LogP contribution >= 0.6 is 11.6 Å². The highest BCUT2D eigenvalue weighted by Gasteiger charge is 2.16. The smallest absolute Gasteiger partial charge is 0.144 e. The number of hydrogen-bond donors (Lipinski definition) is 3. The SMILES string of the molecule is N#Cc1cnc2cc(OCCCN3CCOCC3)c(NCc3cnc[nH]3)cc2c1Nc1ccc(F)c(Cl)c1. The molecule has 1 fully saturated rings. The number of nitrogens with zero attached hydrogens (tertiary/aromatic N) is 4. The van der Waals surface area contributed by atoms with Crippen LogP contribution in [0.5, 0.6) is 5.75 Å². The fraction of sp³-hybridized carbons (Fsp3) is 0.296. The molecule has 0 atom stereocenters. The van der Waals surface area contributed by atoms with E-state index in [2.05, 4.69) is 36.6 Å². The topological polar surface area (TPSA) is 111 Å². The number of morpholine rings is 1. The molecule has 4 aromatic rings. The maximum Gasteiger partial charge on any atom is 0.144 e. The van der Waals surface area contributed by atoms with Crippen LogP contribution in [-0.2, 0) is 11.3 Å². The molecule has 2 aromatic carbocycles. The average molecular weight is 536 g/mol. The van der Waals surface area contributed by atoms with Gasteiger partial charge in [0.05, 0.1) is 65.9 Å². The molecular formula is C27H27ClFN7O2. The first kappa shape index (κ1) is 25.7. The molecule has 3 N–H and O–H groups in total. The second kappa shape index (κ2) is 12.1. The highest BCUT2D eigenvalue weighted by Crippen LogP contribution is 2.36. The zero-order valence-electron chi connectivity index (χ0n) is 20.6. The van der Waals surface area contributed by atoms with E-state index in [4.69, 9.17) is 21.1 Å². The Morgan fingerprint density at radius 3 is 2.84 bits per heavy atom. The number of nitriles is 1. The van der Waals surface area contributed by atoms with Crippen LogP contribution in [-0.4, -0.2) is 59.3 Å². The van der Waals surface area contributed by atoms with E-state index in [1.807, 2.05) is 12.1 Å². The molecule has 1 aliphatic heterocycles. The van der Waals surface area contributed by atoms with Crippen molar-refractivity contribution in [1.82, 2.24) is 19.9 Å². The normalized spacial score (nSPS) is 13.8. The van der Waals surface area contributed by atoms with Crippen molar-refractivity contribution in [3.05, 3.63) is 71.2 Å². The van der Waals surface area contributed by atoms with E-state index in [9.17, 15) is 9.65 Å². The summed E-state index contributed by atoms with van der Waals surface area (Å²) >= 11 is 5.98. The van der Waals surface area contributed by atoms with E-state index in [1.165, 1.54) is 18.3 Å². The summed E-state index contributed by atoms with van der Waals surface area (Å²) in [6.45, 7) is 5.38. The van der Waals surface area contributed by atoms with Gasteiger partial charge in [-0.05, 0) is 30.7 Å². The summed E-state index contributed by atoms with van der Waals surface area (Å²) in [6, 6.07) is 10.3. The van der Waals surface area contributed by atoms with Crippen molar-refractivity contribution in [2.45, 2.75) is 13.0 Å². The molecule has 0 unspecified atom stereocenters. The molecule has 5 rings (SSSR count). The molecule has 1 aliphatic rings. The lowest BCUT2D eigenvalue weighted by Crippen LogP contribution is -2.37. The van der Waals surface area contributed by atoms with Crippen LogP contribution in [0.1, 0.15) is 17.7 Å². The number of rotatable bonds is 10. The molecule has 0 bridgehead atoms. The minimum absolute atomic E-state index is 0.0125. The molecule has 0 saturated carbocycles. The van der Waals surface area contributed by atoms with Crippen LogP contribution in [0.4, 0.5) is 21.5 Å². The standard InChI is InChI=1S/C27H27ClFN7O2/c28-22-10-19(2-3-23(22)29)35-27-18(13-30)14-32-24-12-26(38-7-1-4-36-5-8-37-9-6-36)25(11-21(24)27)33-16-20-15-31-17-34-20/h2-3,10-12,14-15,17,33H,1,4-9,16H2,(H,31,34)(H,32,35). The monoisotopic (exact) mass is 535 g/mol.